The van der Waals surface area contributed by atoms with Gasteiger partial charge in [-0.3, -0.25) is 9.48 Å². The maximum Gasteiger partial charge on any atom is 0.408 e. The molecule has 1 aliphatic rings. The van der Waals surface area contributed by atoms with Gasteiger partial charge in [-0.1, -0.05) is 31.4 Å². The van der Waals surface area contributed by atoms with Crippen LogP contribution in [0.2, 0.25) is 5.02 Å². The Morgan fingerprint density at radius 1 is 1.27 bits per heavy atom. The predicted octanol–water partition coefficient (Wildman–Crippen LogP) is 5.48. The van der Waals surface area contributed by atoms with Crippen molar-refractivity contribution in [3.8, 4) is 17.0 Å². The molecule has 0 aliphatic heterocycles. The van der Waals surface area contributed by atoms with Crippen LogP contribution in [0.15, 0.2) is 18.2 Å². The summed E-state index contributed by atoms with van der Waals surface area (Å²) in [6, 6.07) is 2.89. The van der Waals surface area contributed by atoms with Crippen molar-refractivity contribution in [2.24, 2.45) is 11.8 Å². The molecule has 0 radical (unpaired) electrons. The Morgan fingerprint density at radius 2 is 1.89 bits per heavy atom. The van der Waals surface area contributed by atoms with Crippen LogP contribution in [-0.4, -0.2) is 50.0 Å². The molecule has 3 rings (SSSR count). The van der Waals surface area contributed by atoms with Gasteiger partial charge in [0.15, 0.2) is 5.69 Å². The molecule has 1 aromatic carbocycles. The average Bonchev–Trinajstić information content (AvgIpc) is 3.19. The summed E-state index contributed by atoms with van der Waals surface area (Å²) in [4.78, 5) is 12.9. The second kappa shape index (κ2) is 13.8. The number of aromatic nitrogens is 2. The summed E-state index contributed by atoms with van der Waals surface area (Å²) in [5.41, 5.74) is 1.39. The van der Waals surface area contributed by atoms with E-state index in [1.54, 1.807) is 10.7 Å². The first-order chi connectivity index (χ1) is 17.5. The van der Waals surface area contributed by atoms with Crippen LogP contribution in [0.3, 0.4) is 0 Å². The molecule has 1 heterocycles. The molecule has 1 aromatic heterocycles. The summed E-state index contributed by atoms with van der Waals surface area (Å²) in [7, 11) is 1.43. The van der Waals surface area contributed by atoms with Gasteiger partial charge >= 0.3 is 17.7 Å². The van der Waals surface area contributed by atoms with Crippen molar-refractivity contribution in [2.75, 3.05) is 19.0 Å². The minimum Gasteiger partial charge on any atom is -0.496 e. The second-order valence-electron chi connectivity index (χ2n) is 9.05. The van der Waals surface area contributed by atoms with Crippen molar-refractivity contribution in [2.45, 2.75) is 65.2 Å². The number of carbonyl (C=O) groups is 1. The van der Waals surface area contributed by atoms with E-state index in [0.29, 0.717) is 36.0 Å². The third kappa shape index (κ3) is 8.19. The lowest BCUT2D eigenvalue weighted by Gasteiger charge is -2.26. The summed E-state index contributed by atoms with van der Waals surface area (Å²) in [6.45, 7) is 6.18. The lowest BCUT2D eigenvalue weighted by atomic mass is 9.83. The van der Waals surface area contributed by atoms with Crippen LogP contribution < -0.4 is 15.4 Å². The number of nitrogens with zero attached hydrogens (tertiary/aromatic N) is 2. The topological polar surface area (TPSA) is 102 Å². The van der Waals surface area contributed by atoms with Crippen molar-refractivity contribution in [1.82, 2.24) is 15.1 Å². The molecule has 0 unspecified atom stereocenters. The number of benzene rings is 1. The first kappa shape index (κ1) is 30.6. The van der Waals surface area contributed by atoms with Crippen molar-refractivity contribution < 1.29 is 31.1 Å². The number of anilines is 1. The molecule has 0 saturated heterocycles. The van der Waals surface area contributed by atoms with E-state index in [1.807, 2.05) is 6.92 Å². The quantitative estimate of drug-likeness (QED) is 0.440. The maximum absolute atomic E-state index is 12.9. The van der Waals surface area contributed by atoms with E-state index in [4.69, 9.17) is 24.8 Å². The van der Waals surface area contributed by atoms with Crippen molar-refractivity contribution in [3.63, 3.8) is 0 Å². The zero-order valence-electron chi connectivity index (χ0n) is 21.2. The van der Waals surface area contributed by atoms with Crippen LogP contribution in [0, 0.1) is 11.8 Å². The third-order valence-electron chi connectivity index (χ3n) is 6.43. The molecular formula is C24H32ClF3N4O4S. The number of hydrogen-bond donors (Lipinski definition) is 2. The highest BCUT2D eigenvalue weighted by atomic mass is 35.5. The summed E-state index contributed by atoms with van der Waals surface area (Å²) in [5, 5.41) is 9.99. The number of aryl methyl sites for hydroxylation is 1. The van der Waals surface area contributed by atoms with Gasteiger partial charge in [-0.15, -0.1) is 0 Å². The summed E-state index contributed by atoms with van der Waals surface area (Å²) in [6.07, 6.45) is 0.140. The number of hydrogen-bond acceptors (Lipinski definition) is 6. The molecule has 0 spiro atoms. The molecule has 37 heavy (non-hydrogen) atoms. The van der Waals surface area contributed by atoms with E-state index in [1.165, 1.54) is 32.1 Å². The molecule has 1 atom stereocenters. The Kier molecular flexibility index (Phi) is 11.4. The van der Waals surface area contributed by atoms with Crippen LogP contribution in [0.4, 0.5) is 18.9 Å². The van der Waals surface area contributed by atoms with E-state index < -0.39 is 23.8 Å². The molecule has 206 valence electrons. The lowest BCUT2D eigenvalue weighted by Crippen LogP contribution is -2.33. The SMILES string of the molecule is CCn1nc(C(=O)NCC2CCC(C)CC2)c(Cl)c1-c1ccc(N[C@H](C)C(F)(F)F)cc1OC.O=S=O. The smallest absolute Gasteiger partial charge is 0.408 e. The summed E-state index contributed by atoms with van der Waals surface area (Å²) in [5.74, 6) is 1.16. The van der Waals surface area contributed by atoms with Gasteiger partial charge in [-0.2, -0.15) is 26.7 Å². The zero-order chi connectivity index (χ0) is 27.8. The van der Waals surface area contributed by atoms with E-state index in [-0.39, 0.29) is 22.3 Å². The largest absolute Gasteiger partial charge is 0.496 e. The van der Waals surface area contributed by atoms with Gasteiger partial charge in [0.25, 0.3) is 5.91 Å². The van der Waals surface area contributed by atoms with Crippen molar-refractivity contribution in [1.29, 1.82) is 0 Å². The number of amides is 1. The number of methoxy groups -OCH3 is 1. The fourth-order valence-electron chi connectivity index (χ4n) is 4.23. The highest BCUT2D eigenvalue weighted by molar-refractivity contribution is 7.51. The molecule has 0 bridgehead atoms. The minimum atomic E-state index is -4.38. The van der Waals surface area contributed by atoms with Gasteiger partial charge in [-0.25, -0.2) is 0 Å². The summed E-state index contributed by atoms with van der Waals surface area (Å²) >= 11 is 5.88. The Bertz CT molecular complexity index is 1100. The Balaban J connectivity index is 0.00000153. The Hall–Kier alpha value is -2.60. The van der Waals surface area contributed by atoms with Gasteiger partial charge in [0, 0.05) is 30.4 Å². The minimum absolute atomic E-state index is 0.123. The van der Waals surface area contributed by atoms with Gasteiger partial charge < -0.3 is 15.4 Å². The number of rotatable bonds is 8. The zero-order valence-corrected chi connectivity index (χ0v) is 22.7. The number of halogens is 4. The molecule has 1 amide bonds. The molecule has 1 fully saturated rings. The maximum atomic E-state index is 12.9. The molecule has 2 N–H and O–H groups in total. The van der Waals surface area contributed by atoms with Crippen molar-refractivity contribution >= 4 is 34.8 Å². The third-order valence-corrected chi connectivity index (χ3v) is 6.78. The van der Waals surface area contributed by atoms with Crippen LogP contribution >= 0.6 is 11.6 Å². The number of ether oxygens (including phenoxy) is 1. The molecular weight excluding hydrogens is 533 g/mol. The van der Waals surface area contributed by atoms with Gasteiger partial charge in [-0.05, 0) is 50.7 Å². The lowest BCUT2D eigenvalue weighted by molar-refractivity contribution is -0.138. The van der Waals surface area contributed by atoms with Crippen LogP contribution in [0.1, 0.15) is 56.9 Å². The number of nitrogens with one attached hydrogen (secondary N) is 2. The fraction of sp³-hybridized carbons (Fsp3) is 0.583. The normalized spacial score (nSPS) is 18.3. The van der Waals surface area contributed by atoms with Gasteiger partial charge in [0.2, 0.25) is 0 Å². The Labute approximate surface area is 222 Å². The summed E-state index contributed by atoms with van der Waals surface area (Å²) < 4.78 is 62.4. The molecule has 13 heteroatoms. The highest BCUT2D eigenvalue weighted by Crippen LogP contribution is 2.39. The van der Waals surface area contributed by atoms with E-state index >= 15 is 0 Å². The number of carbonyl (C=O) groups excluding carboxylic acids is 1. The fourth-order valence-corrected chi connectivity index (χ4v) is 4.56. The standard InChI is InChI=1S/C24H32ClF3N4O2.O2S/c1-5-32-22(18-11-10-17(12-19(18)34-4)30-15(3)24(26,27)28)20(25)21(31-32)23(33)29-13-16-8-6-14(2)7-9-16;1-3-2/h10-12,14-16,30H,5-9,13H2,1-4H3,(H,29,33);/t14?,15-,16?;/m1./s1. The molecule has 2 aromatic rings. The monoisotopic (exact) mass is 564 g/mol. The van der Waals surface area contributed by atoms with E-state index in [0.717, 1.165) is 25.7 Å². The Morgan fingerprint density at radius 3 is 2.43 bits per heavy atom. The first-order valence-corrected chi connectivity index (χ1v) is 13.0. The number of alkyl halides is 3. The second-order valence-corrected chi connectivity index (χ2v) is 9.57. The van der Waals surface area contributed by atoms with E-state index in [2.05, 4.69) is 22.7 Å². The molecule has 8 nitrogen and oxygen atoms in total. The average molecular weight is 565 g/mol. The predicted molar refractivity (Wildman–Crippen MR) is 136 cm³/mol. The molecule has 1 aliphatic carbocycles. The van der Waals surface area contributed by atoms with E-state index in [9.17, 15) is 18.0 Å². The molecule has 1 saturated carbocycles. The van der Waals surface area contributed by atoms with Crippen molar-refractivity contribution in [3.05, 3.63) is 28.9 Å². The van der Waals surface area contributed by atoms with Gasteiger partial charge in [0.1, 0.15) is 11.8 Å². The highest BCUT2D eigenvalue weighted by Gasteiger charge is 2.36. The first-order valence-electron chi connectivity index (χ1n) is 11.9. The van der Waals surface area contributed by atoms with Crippen LogP contribution in [0.25, 0.3) is 11.3 Å². The van der Waals surface area contributed by atoms with Crippen LogP contribution in [0.5, 0.6) is 5.75 Å². The van der Waals surface area contributed by atoms with Gasteiger partial charge in [0.05, 0.1) is 17.8 Å². The van der Waals surface area contributed by atoms with Crippen LogP contribution in [-0.2, 0) is 18.1 Å².